The average Bonchev–Trinajstić information content (AvgIpc) is 3.11. The Hall–Kier alpha value is -2.75. The minimum absolute atomic E-state index is 0.153. The van der Waals surface area contributed by atoms with Gasteiger partial charge in [-0.05, 0) is 43.9 Å². The number of methoxy groups -OCH3 is 1. The summed E-state index contributed by atoms with van der Waals surface area (Å²) in [6, 6.07) is 8.19. The van der Waals surface area contributed by atoms with Gasteiger partial charge in [-0.3, -0.25) is 4.90 Å². The number of nitrogens with zero attached hydrogens (tertiary/aromatic N) is 5. The summed E-state index contributed by atoms with van der Waals surface area (Å²) in [5.74, 6) is 3.16. The first-order valence-corrected chi connectivity index (χ1v) is 11.0. The Morgan fingerprint density at radius 3 is 2.53 bits per heavy atom. The van der Waals surface area contributed by atoms with Crippen LogP contribution in [0.4, 0.5) is 8.78 Å². The van der Waals surface area contributed by atoms with Crippen molar-refractivity contribution in [3.05, 3.63) is 41.5 Å². The summed E-state index contributed by atoms with van der Waals surface area (Å²) in [5, 5.41) is 15.1. The number of aryl methyl sites for hydroxylation is 1. The van der Waals surface area contributed by atoms with Crippen molar-refractivity contribution in [2.45, 2.75) is 45.2 Å². The number of guanidine groups is 1. The van der Waals surface area contributed by atoms with Gasteiger partial charge < -0.3 is 19.9 Å². The molecule has 176 valence electrons. The molecule has 1 saturated heterocycles. The quantitative estimate of drug-likeness (QED) is 0.451. The number of likely N-dealkylation sites (tertiary alicyclic amines) is 1. The van der Waals surface area contributed by atoms with E-state index in [9.17, 15) is 8.78 Å². The highest BCUT2D eigenvalue weighted by atomic mass is 19.3. The first-order valence-electron chi connectivity index (χ1n) is 11.0. The van der Waals surface area contributed by atoms with E-state index in [4.69, 9.17) is 9.73 Å². The van der Waals surface area contributed by atoms with Crippen LogP contribution in [0.2, 0.25) is 0 Å². The van der Waals surface area contributed by atoms with Gasteiger partial charge in [-0.15, -0.1) is 10.2 Å². The third-order valence-electron chi connectivity index (χ3n) is 5.75. The van der Waals surface area contributed by atoms with E-state index >= 15 is 0 Å². The lowest BCUT2D eigenvalue weighted by molar-refractivity contribution is 0.0744. The zero-order valence-electron chi connectivity index (χ0n) is 19.0. The second-order valence-corrected chi connectivity index (χ2v) is 8.02. The highest BCUT2D eigenvalue weighted by molar-refractivity contribution is 5.80. The van der Waals surface area contributed by atoms with Gasteiger partial charge in [0.2, 0.25) is 0 Å². The molecule has 1 aliphatic rings. The highest BCUT2D eigenvalue weighted by Crippen LogP contribution is 2.13. The van der Waals surface area contributed by atoms with Gasteiger partial charge in [-0.25, -0.2) is 13.8 Å². The van der Waals surface area contributed by atoms with E-state index in [2.05, 4.69) is 20.8 Å². The van der Waals surface area contributed by atoms with Crippen LogP contribution >= 0.6 is 0 Å². The fourth-order valence-electron chi connectivity index (χ4n) is 3.66. The Kier molecular flexibility index (Phi) is 8.78. The van der Waals surface area contributed by atoms with Crippen molar-refractivity contribution in [3.8, 4) is 5.75 Å². The summed E-state index contributed by atoms with van der Waals surface area (Å²) in [4.78, 5) is 6.52. The molecule has 0 spiro atoms. The van der Waals surface area contributed by atoms with Crippen LogP contribution in [-0.4, -0.2) is 71.4 Å². The summed E-state index contributed by atoms with van der Waals surface area (Å²) < 4.78 is 32.4. The molecular formula is C22H33F2N7O. The molecule has 2 N–H and O–H groups in total. The topological polar surface area (TPSA) is 79.6 Å². The molecule has 0 bridgehead atoms. The minimum atomic E-state index is -2.29. The number of benzene rings is 1. The Balaban J connectivity index is 1.57. The first-order chi connectivity index (χ1) is 15.4. The standard InChI is InChI=1S/C22H33F2N7O/c1-16-28-29-21(30(16)2)14-26-22(25-11-8-17-4-6-19(32-3)7-5-17)27-18-9-12-31(13-10-18)15-20(23)24/h4-7,18,20H,8-15H2,1-3H3,(H2,25,26,27). The Morgan fingerprint density at radius 2 is 1.94 bits per heavy atom. The maximum atomic E-state index is 12.6. The summed E-state index contributed by atoms with van der Waals surface area (Å²) in [5.41, 5.74) is 1.20. The minimum Gasteiger partial charge on any atom is -0.497 e. The number of piperidine rings is 1. The van der Waals surface area contributed by atoms with Gasteiger partial charge in [-0.2, -0.15) is 0 Å². The molecule has 0 radical (unpaired) electrons. The van der Waals surface area contributed by atoms with Crippen LogP contribution in [0.1, 0.15) is 30.1 Å². The number of aliphatic imine (C=N–C) groups is 1. The van der Waals surface area contributed by atoms with Crippen LogP contribution in [-0.2, 0) is 20.0 Å². The fraction of sp³-hybridized carbons (Fsp3) is 0.591. The molecule has 32 heavy (non-hydrogen) atoms. The first kappa shape index (κ1) is 23.9. The van der Waals surface area contributed by atoms with E-state index in [0.717, 1.165) is 36.7 Å². The van der Waals surface area contributed by atoms with Gasteiger partial charge in [0.25, 0.3) is 6.43 Å². The number of hydrogen-bond acceptors (Lipinski definition) is 5. The molecule has 2 aromatic rings. The monoisotopic (exact) mass is 449 g/mol. The molecular weight excluding hydrogens is 416 g/mol. The zero-order chi connectivity index (χ0) is 22.9. The van der Waals surface area contributed by atoms with Crippen LogP contribution in [0.25, 0.3) is 0 Å². The molecule has 0 atom stereocenters. The molecule has 2 heterocycles. The predicted octanol–water partition coefficient (Wildman–Crippen LogP) is 2.14. The number of alkyl halides is 2. The molecule has 0 unspecified atom stereocenters. The fourth-order valence-corrected chi connectivity index (χ4v) is 3.66. The van der Waals surface area contributed by atoms with E-state index in [-0.39, 0.29) is 12.6 Å². The van der Waals surface area contributed by atoms with Crippen LogP contribution in [0.5, 0.6) is 5.75 Å². The summed E-state index contributed by atoms with van der Waals surface area (Å²) in [6.45, 7) is 4.17. The predicted molar refractivity (Wildman–Crippen MR) is 120 cm³/mol. The number of rotatable bonds is 9. The molecule has 1 aromatic carbocycles. The molecule has 1 aromatic heterocycles. The zero-order valence-corrected chi connectivity index (χ0v) is 19.0. The SMILES string of the molecule is COc1ccc(CCNC(=NCc2nnc(C)n2C)NC2CCN(CC(F)F)CC2)cc1. The van der Waals surface area contributed by atoms with Gasteiger partial charge in [0.05, 0.1) is 13.7 Å². The van der Waals surface area contributed by atoms with Gasteiger partial charge in [0, 0.05) is 32.7 Å². The maximum absolute atomic E-state index is 12.6. The third kappa shape index (κ3) is 7.15. The Labute approximate surface area is 188 Å². The van der Waals surface area contributed by atoms with Gasteiger partial charge in [0.15, 0.2) is 11.8 Å². The smallest absolute Gasteiger partial charge is 0.251 e. The van der Waals surface area contributed by atoms with E-state index in [1.165, 1.54) is 5.56 Å². The molecule has 10 heteroatoms. The lowest BCUT2D eigenvalue weighted by Crippen LogP contribution is -2.49. The van der Waals surface area contributed by atoms with Gasteiger partial charge in [-0.1, -0.05) is 12.1 Å². The lowest BCUT2D eigenvalue weighted by Gasteiger charge is -2.32. The number of hydrogen-bond donors (Lipinski definition) is 2. The van der Waals surface area contributed by atoms with Crippen molar-refractivity contribution < 1.29 is 13.5 Å². The molecule has 0 aliphatic carbocycles. The van der Waals surface area contributed by atoms with Crippen molar-refractivity contribution >= 4 is 5.96 Å². The normalized spacial score (nSPS) is 15.9. The molecule has 3 rings (SSSR count). The molecule has 0 saturated carbocycles. The number of aromatic nitrogens is 3. The highest BCUT2D eigenvalue weighted by Gasteiger charge is 2.22. The summed E-state index contributed by atoms with van der Waals surface area (Å²) >= 11 is 0. The second-order valence-electron chi connectivity index (χ2n) is 8.02. The Bertz CT molecular complexity index is 862. The maximum Gasteiger partial charge on any atom is 0.251 e. The van der Waals surface area contributed by atoms with Crippen molar-refractivity contribution in [1.29, 1.82) is 0 Å². The molecule has 8 nitrogen and oxygen atoms in total. The number of nitrogens with one attached hydrogen (secondary N) is 2. The van der Waals surface area contributed by atoms with Gasteiger partial charge >= 0.3 is 0 Å². The number of halogens is 2. The molecule has 0 amide bonds. The van der Waals surface area contributed by atoms with E-state index in [0.29, 0.717) is 32.1 Å². The van der Waals surface area contributed by atoms with Crippen molar-refractivity contribution in [2.24, 2.45) is 12.0 Å². The van der Waals surface area contributed by atoms with Crippen molar-refractivity contribution in [3.63, 3.8) is 0 Å². The molecule has 1 fully saturated rings. The van der Waals surface area contributed by atoms with Crippen LogP contribution in [0, 0.1) is 6.92 Å². The van der Waals surface area contributed by atoms with E-state index in [1.54, 1.807) is 7.11 Å². The summed E-state index contributed by atoms with van der Waals surface area (Å²) in [6.07, 6.45) is 0.149. The van der Waals surface area contributed by atoms with E-state index < -0.39 is 6.43 Å². The summed E-state index contributed by atoms with van der Waals surface area (Å²) in [7, 11) is 3.57. The largest absolute Gasteiger partial charge is 0.497 e. The average molecular weight is 450 g/mol. The Morgan fingerprint density at radius 1 is 1.22 bits per heavy atom. The third-order valence-corrected chi connectivity index (χ3v) is 5.75. The lowest BCUT2D eigenvalue weighted by atomic mass is 10.1. The molecule has 1 aliphatic heterocycles. The van der Waals surface area contributed by atoms with Gasteiger partial charge in [0.1, 0.15) is 18.1 Å². The van der Waals surface area contributed by atoms with E-state index in [1.807, 2.05) is 47.7 Å². The van der Waals surface area contributed by atoms with Crippen LogP contribution in [0.3, 0.4) is 0 Å². The second kappa shape index (κ2) is 11.8. The van der Waals surface area contributed by atoms with Crippen LogP contribution in [0.15, 0.2) is 29.3 Å². The van der Waals surface area contributed by atoms with Crippen molar-refractivity contribution in [2.75, 3.05) is 33.3 Å². The van der Waals surface area contributed by atoms with Crippen molar-refractivity contribution in [1.82, 2.24) is 30.3 Å². The van der Waals surface area contributed by atoms with Crippen LogP contribution < -0.4 is 15.4 Å². The number of ether oxygens (including phenoxy) is 1.